The first-order valence-corrected chi connectivity index (χ1v) is 7.47. The minimum absolute atomic E-state index is 0.0263. The second-order valence-electron chi connectivity index (χ2n) is 5.47. The molecule has 0 bridgehead atoms. The second kappa shape index (κ2) is 7.91. The fourth-order valence-corrected chi connectivity index (χ4v) is 2.56. The Morgan fingerprint density at radius 2 is 1.82 bits per heavy atom. The number of hydrogen-bond donors (Lipinski definition) is 1. The van der Waals surface area contributed by atoms with Crippen LogP contribution in [-0.4, -0.2) is 67.6 Å². The highest BCUT2D eigenvalue weighted by Gasteiger charge is 2.26. The molecule has 1 aliphatic rings. The van der Waals surface area contributed by atoms with Crippen LogP contribution in [0.2, 0.25) is 0 Å². The molecule has 1 aliphatic heterocycles. The molecule has 0 aliphatic carbocycles. The van der Waals surface area contributed by atoms with Gasteiger partial charge in [-0.25, -0.2) is 0 Å². The summed E-state index contributed by atoms with van der Waals surface area (Å²) >= 11 is 0. The van der Waals surface area contributed by atoms with E-state index in [4.69, 9.17) is 5.73 Å². The Hall–Kier alpha value is -1.92. The Morgan fingerprint density at radius 1 is 1.18 bits per heavy atom. The van der Waals surface area contributed by atoms with E-state index in [1.54, 1.807) is 4.90 Å². The molecular weight excluding hydrogens is 282 g/mol. The van der Waals surface area contributed by atoms with Crippen molar-refractivity contribution in [3.05, 3.63) is 35.9 Å². The first-order valence-electron chi connectivity index (χ1n) is 7.47. The number of rotatable bonds is 5. The van der Waals surface area contributed by atoms with Gasteiger partial charge in [-0.2, -0.15) is 0 Å². The number of benzene rings is 1. The van der Waals surface area contributed by atoms with E-state index in [2.05, 4.69) is 4.74 Å². The molecule has 1 atom stereocenters. The van der Waals surface area contributed by atoms with Crippen LogP contribution >= 0.6 is 0 Å². The van der Waals surface area contributed by atoms with Crippen LogP contribution in [0.3, 0.4) is 0 Å². The number of piperazine rings is 1. The molecule has 0 radical (unpaired) electrons. The largest absolute Gasteiger partial charge is 0.468 e. The van der Waals surface area contributed by atoms with Gasteiger partial charge < -0.3 is 15.4 Å². The SMILES string of the molecule is COC(=O)CN1CCN(C(=O)[C@@H](N)Cc2ccccc2)CC1. The molecular formula is C16H23N3O3. The zero-order valence-corrected chi connectivity index (χ0v) is 12.9. The van der Waals surface area contributed by atoms with Crippen LogP contribution in [0.15, 0.2) is 30.3 Å². The summed E-state index contributed by atoms with van der Waals surface area (Å²) in [4.78, 5) is 27.4. The van der Waals surface area contributed by atoms with Gasteiger partial charge in [-0.1, -0.05) is 30.3 Å². The number of ether oxygens (including phenoxy) is 1. The van der Waals surface area contributed by atoms with Crippen molar-refractivity contribution in [2.75, 3.05) is 39.8 Å². The number of nitrogens with zero attached hydrogens (tertiary/aromatic N) is 2. The fourth-order valence-electron chi connectivity index (χ4n) is 2.56. The van der Waals surface area contributed by atoms with Crippen molar-refractivity contribution in [2.24, 2.45) is 5.73 Å². The van der Waals surface area contributed by atoms with Crippen molar-refractivity contribution >= 4 is 11.9 Å². The molecule has 1 saturated heterocycles. The maximum absolute atomic E-state index is 12.4. The topological polar surface area (TPSA) is 75.9 Å². The van der Waals surface area contributed by atoms with Crippen molar-refractivity contribution in [1.82, 2.24) is 9.80 Å². The minimum atomic E-state index is -0.519. The molecule has 1 amide bonds. The van der Waals surface area contributed by atoms with Crippen molar-refractivity contribution in [1.29, 1.82) is 0 Å². The quantitative estimate of drug-likeness (QED) is 0.767. The lowest BCUT2D eigenvalue weighted by molar-refractivity contribution is -0.142. The molecule has 120 valence electrons. The van der Waals surface area contributed by atoms with Crippen molar-refractivity contribution in [3.8, 4) is 0 Å². The normalized spacial score (nSPS) is 17.1. The molecule has 0 spiro atoms. The van der Waals surface area contributed by atoms with Crippen LogP contribution < -0.4 is 5.73 Å². The van der Waals surface area contributed by atoms with Crippen LogP contribution in [-0.2, 0) is 20.7 Å². The lowest BCUT2D eigenvalue weighted by Crippen LogP contribution is -2.54. The van der Waals surface area contributed by atoms with E-state index in [-0.39, 0.29) is 18.4 Å². The van der Waals surface area contributed by atoms with Crippen LogP contribution in [0.5, 0.6) is 0 Å². The maximum Gasteiger partial charge on any atom is 0.319 e. The molecule has 0 saturated carbocycles. The smallest absolute Gasteiger partial charge is 0.319 e. The van der Waals surface area contributed by atoms with E-state index in [0.29, 0.717) is 32.6 Å². The predicted octanol–water partition coefficient (Wildman–Crippen LogP) is -0.126. The van der Waals surface area contributed by atoms with Gasteiger partial charge in [-0.05, 0) is 12.0 Å². The van der Waals surface area contributed by atoms with E-state index in [9.17, 15) is 9.59 Å². The molecule has 1 fully saturated rings. The maximum atomic E-state index is 12.4. The van der Waals surface area contributed by atoms with E-state index in [0.717, 1.165) is 5.56 Å². The van der Waals surface area contributed by atoms with Crippen LogP contribution in [0.25, 0.3) is 0 Å². The zero-order chi connectivity index (χ0) is 15.9. The standard InChI is InChI=1S/C16H23N3O3/c1-22-15(20)12-18-7-9-19(10-8-18)16(21)14(17)11-13-5-3-2-4-6-13/h2-6,14H,7-12,17H2,1H3/t14-/m0/s1. The summed E-state index contributed by atoms with van der Waals surface area (Å²) in [7, 11) is 1.38. The molecule has 2 N–H and O–H groups in total. The second-order valence-corrected chi connectivity index (χ2v) is 5.47. The highest BCUT2D eigenvalue weighted by atomic mass is 16.5. The number of carbonyl (C=O) groups is 2. The Kier molecular flexibility index (Phi) is 5.91. The Morgan fingerprint density at radius 3 is 2.41 bits per heavy atom. The van der Waals surface area contributed by atoms with Crippen LogP contribution in [0.4, 0.5) is 0 Å². The van der Waals surface area contributed by atoms with Gasteiger partial charge >= 0.3 is 5.97 Å². The molecule has 1 aromatic carbocycles. The first kappa shape index (κ1) is 16.5. The van der Waals surface area contributed by atoms with Gasteiger partial charge in [0.15, 0.2) is 0 Å². The fraction of sp³-hybridized carbons (Fsp3) is 0.500. The number of carbonyl (C=O) groups excluding carboxylic acids is 2. The molecule has 0 aromatic heterocycles. The lowest BCUT2D eigenvalue weighted by Gasteiger charge is -2.35. The minimum Gasteiger partial charge on any atom is -0.468 e. The van der Waals surface area contributed by atoms with Crippen molar-refractivity contribution in [3.63, 3.8) is 0 Å². The van der Waals surface area contributed by atoms with E-state index >= 15 is 0 Å². The third kappa shape index (κ3) is 4.54. The van der Waals surface area contributed by atoms with Gasteiger partial charge in [0.25, 0.3) is 0 Å². The molecule has 1 heterocycles. The predicted molar refractivity (Wildman–Crippen MR) is 83.2 cm³/mol. The van der Waals surface area contributed by atoms with Gasteiger partial charge in [0.05, 0.1) is 19.7 Å². The monoisotopic (exact) mass is 305 g/mol. The Balaban J connectivity index is 1.80. The summed E-state index contributed by atoms with van der Waals surface area (Å²) in [6.45, 7) is 2.79. The summed E-state index contributed by atoms with van der Waals surface area (Å²) in [6, 6.07) is 9.26. The summed E-state index contributed by atoms with van der Waals surface area (Å²) in [5, 5.41) is 0. The number of methoxy groups -OCH3 is 1. The molecule has 6 nitrogen and oxygen atoms in total. The van der Waals surface area contributed by atoms with Crippen molar-refractivity contribution in [2.45, 2.75) is 12.5 Å². The van der Waals surface area contributed by atoms with Crippen LogP contribution in [0, 0.1) is 0 Å². The van der Waals surface area contributed by atoms with Gasteiger partial charge in [0, 0.05) is 26.2 Å². The van der Waals surface area contributed by atoms with Gasteiger partial charge in [0.1, 0.15) is 0 Å². The molecule has 6 heteroatoms. The Labute approximate surface area is 130 Å². The first-order chi connectivity index (χ1) is 10.6. The summed E-state index contributed by atoms with van der Waals surface area (Å²) in [5.74, 6) is -0.276. The van der Waals surface area contributed by atoms with Gasteiger partial charge in [-0.3, -0.25) is 14.5 Å². The summed E-state index contributed by atoms with van der Waals surface area (Å²) < 4.78 is 4.65. The number of hydrogen-bond acceptors (Lipinski definition) is 5. The van der Waals surface area contributed by atoms with Gasteiger partial charge in [0.2, 0.25) is 5.91 Å². The van der Waals surface area contributed by atoms with E-state index in [1.807, 2.05) is 35.2 Å². The van der Waals surface area contributed by atoms with E-state index in [1.165, 1.54) is 7.11 Å². The Bertz CT molecular complexity index is 499. The number of esters is 1. The molecule has 0 unspecified atom stereocenters. The third-order valence-corrected chi connectivity index (χ3v) is 3.88. The number of amides is 1. The average Bonchev–Trinajstić information content (AvgIpc) is 2.55. The highest BCUT2D eigenvalue weighted by Crippen LogP contribution is 2.07. The van der Waals surface area contributed by atoms with E-state index < -0.39 is 6.04 Å². The van der Waals surface area contributed by atoms with Crippen LogP contribution in [0.1, 0.15) is 5.56 Å². The highest BCUT2D eigenvalue weighted by molar-refractivity contribution is 5.82. The molecule has 1 aromatic rings. The average molecular weight is 305 g/mol. The number of nitrogens with two attached hydrogens (primary N) is 1. The summed E-state index contributed by atoms with van der Waals surface area (Å²) in [5.41, 5.74) is 7.10. The molecule has 2 rings (SSSR count). The van der Waals surface area contributed by atoms with Gasteiger partial charge in [-0.15, -0.1) is 0 Å². The lowest BCUT2D eigenvalue weighted by atomic mass is 10.1. The van der Waals surface area contributed by atoms with Crippen molar-refractivity contribution < 1.29 is 14.3 Å². The summed E-state index contributed by atoms with van der Waals surface area (Å²) in [6.07, 6.45) is 0.544. The third-order valence-electron chi connectivity index (χ3n) is 3.88. The molecule has 22 heavy (non-hydrogen) atoms. The zero-order valence-electron chi connectivity index (χ0n) is 12.9.